The largest absolute Gasteiger partial charge is 0.493 e. The molecule has 0 aliphatic carbocycles. The maximum Gasteiger partial charge on any atom is 0.300 e. The fourth-order valence-corrected chi connectivity index (χ4v) is 4.15. The van der Waals surface area contributed by atoms with Gasteiger partial charge in [-0.2, -0.15) is 0 Å². The third-order valence-electron chi connectivity index (χ3n) is 4.65. The van der Waals surface area contributed by atoms with Crippen molar-refractivity contribution in [2.24, 2.45) is 0 Å². The number of methoxy groups -OCH3 is 3. The van der Waals surface area contributed by atoms with E-state index in [1.54, 1.807) is 19.1 Å². The van der Waals surface area contributed by atoms with Gasteiger partial charge in [0.05, 0.1) is 37.5 Å². The lowest BCUT2D eigenvalue weighted by Gasteiger charge is -2.19. The highest BCUT2D eigenvalue weighted by atomic mass is 32.2. The number of carbonyl (C=O) groups is 3. The lowest BCUT2D eigenvalue weighted by molar-refractivity contribution is -0.120. The minimum absolute atomic E-state index is 0.0228. The number of ketones is 1. The Morgan fingerprint density at radius 2 is 1.61 bits per heavy atom. The van der Waals surface area contributed by atoms with E-state index in [1.807, 2.05) is 4.72 Å². The van der Waals surface area contributed by atoms with Gasteiger partial charge in [-0.15, -0.1) is 0 Å². The molecular formula is C20H20N2O8S. The summed E-state index contributed by atoms with van der Waals surface area (Å²) in [6.45, 7) is 1.08. The number of anilines is 1. The molecule has 2 aromatic rings. The van der Waals surface area contributed by atoms with Crippen LogP contribution in [-0.2, 0) is 19.6 Å². The van der Waals surface area contributed by atoms with Crippen molar-refractivity contribution in [3.63, 3.8) is 0 Å². The first-order valence-electron chi connectivity index (χ1n) is 8.96. The third kappa shape index (κ3) is 3.91. The van der Waals surface area contributed by atoms with Crippen LogP contribution >= 0.6 is 0 Å². The molecule has 1 aliphatic heterocycles. The van der Waals surface area contributed by atoms with Gasteiger partial charge in [-0.05, 0) is 19.1 Å². The van der Waals surface area contributed by atoms with Gasteiger partial charge in [0.1, 0.15) is 6.54 Å². The highest BCUT2D eigenvalue weighted by Gasteiger charge is 2.42. The number of fused-ring (bicyclic) bond motifs is 1. The highest BCUT2D eigenvalue weighted by Crippen LogP contribution is 2.47. The molecular weight excluding hydrogens is 428 g/mol. The lowest BCUT2D eigenvalue weighted by Crippen LogP contribution is -2.42. The van der Waals surface area contributed by atoms with Gasteiger partial charge in [-0.1, -0.05) is 17.7 Å². The molecule has 0 radical (unpaired) electrons. The molecule has 1 aliphatic rings. The summed E-state index contributed by atoms with van der Waals surface area (Å²) in [4.78, 5) is 38.3. The van der Waals surface area contributed by atoms with E-state index in [0.29, 0.717) is 0 Å². The summed E-state index contributed by atoms with van der Waals surface area (Å²) in [5.74, 6) is -2.67. The fraction of sp³-hybridized carbons (Fsp3) is 0.250. The van der Waals surface area contributed by atoms with Gasteiger partial charge in [0.2, 0.25) is 5.75 Å². The molecule has 1 heterocycles. The Kier molecular flexibility index (Phi) is 5.89. The number of amides is 2. The van der Waals surface area contributed by atoms with E-state index in [9.17, 15) is 22.8 Å². The molecule has 0 aromatic heterocycles. The van der Waals surface area contributed by atoms with Crippen LogP contribution in [0.1, 0.15) is 15.9 Å². The quantitative estimate of drug-likeness (QED) is 0.623. The normalized spacial score (nSPS) is 13.1. The van der Waals surface area contributed by atoms with Crippen molar-refractivity contribution >= 4 is 33.3 Å². The van der Waals surface area contributed by atoms with Crippen molar-refractivity contribution in [1.82, 2.24) is 4.72 Å². The van der Waals surface area contributed by atoms with E-state index in [1.165, 1.54) is 39.5 Å². The molecule has 0 saturated carbocycles. The van der Waals surface area contributed by atoms with Crippen molar-refractivity contribution in [3.8, 4) is 17.2 Å². The second-order valence-corrected chi connectivity index (χ2v) is 8.28. The van der Waals surface area contributed by atoms with Crippen LogP contribution in [0.4, 0.5) is 5.69 Å². The van der Waals surface area contributed by atoms with E-state index in [-0.39, 0.29) is 33.4 Å². The van der Waals surface area contributed by atoms with Crippen molar-refractivity contribution in [2.75, 3.05) is 32.8 Å². The van der Waals surface area contributed by atoms with Crippen LogP contribution in [0.15, 0.2) is 35.2 Å². The first-order valence-corrected chi connectivity index (χ1v) is 10.4. The van der Waals surface area contributed by atoms with E-state index < -0.39 is 34.2 Å². The Balaban J connectivity index is 1.93. The number of nitrogens with one attached hydrogen (secondary N) is 1. The van der Waals surface area contributed by atoms with E-state index in [2.05, 4.69) is 0 Å². The van der Waals surface area contributed by atoms with Crippen LogP contribution in [0.2, 0.25) is 0 Å². The molecule has 1 N–H and O–H groups in total. The average Bonchev–Trinajstić information content (AvgIpc) is 2.96. The van der Waals surface area contributed by atoms with Crippen LogP contribution in [0, 0.1) is 6.92 Å². The predicted octanol–water partition coefficient (Wildman–Crippen LogP) is 1.06. The molecule has 0 fully saturated rings. The van der Waals surface area contributed by atoms with Gasteiger partial charge in [0, 0.05) is 6.07 Å². The Bertz CT molecular complexity index is 1170. The summed E-state index contributed by atoms with van der Waals surface area (Å²) in [5.41, 5.74) is 0.799. The van der Waals surface area contributed by atoms with Gasteiger partial charge < -0.3 is 14.2 Å². The second-order valence-electron chi connectivity index (χ2n) is 6.60. The molecule has 31 heavy (non-hydrogen) atoms. The number of ether oxygens (including phenoxy) is 3. The highest BCUT2D eigenvalue weighted by molar-refractivity contribution is 7.90. The summed E-state index contributed by atoms with van der Waals surface area (Å²) in [6.07, 6.45) is 0. The molecule has 0 unspecified atom stereocenters. The SMILES string of the molecule is COc1cc2c(c(OC)c1OC)C(=O)C(=O)N2CC(=O)NS(=O)(=O)c1ccc(C)cc1. The van der Waals surface area contributed by atoms with Crippen LogP contribution in [0.25, 0.3) is 0 Å². The lowest BCUT2D eigenvalue weighted by atomic mass is 10.1. The summed E-state index contributed by atoms with van der Waals surface area (Å²) in [5, 5.41) is 0. The maximum absolute atomic E-state index is 12.6. The van der Waals surface area contributed by atoms with Crippen LogP contribution < -0.4 is 23.8 Å². The van der Waals surface area contributed by atoms with E-state index >= 15 is 0 Å². The number of benzene rings is 2. The Labute approximate surface area is 178 Å². The number of hydrogen-bond donors (Lipinski definition) is 1. The van der Waals surface area contributed by atoms with Gasteiger partial charge in [0.25, 0.3) is 27.6 Å². The molecule has 0 spiro atoms. The van der Waals surface area contributed by atoms with Gasteiger partial charge >= 0.3 is 0 Å². The van der Waals surface area contributed by atoms with Crippen molar-refractivity contribution < 1.29 is 37.0 Å². The zero-order valence-electron chi connectivity index (χ0n) is 17.2. The fourth-order valence-electron chi connectivity index (χ4n) is 3.17. The molecule has 164 valence electrons. The monoisotopic (exact) mass is 448 g/mol. The third-order valence-corrected chi connectivity index (χ3v) is 6.04. The number of Topliss-reactive ketones (excluding diaryl/α,β-unsaturated/α-hetero) is 1. The van der Waals surface area contributed by atoms with Crippen LogP contribution in [0.3, 0.4) is 0 Å². The predicted molar refractivity (Wildman–Crippen MR) is 109 cm³/mol. The second kappa shape index (κ2) is 8.26. The minimum atomic E-state index is -4.15. The number of rotatable bonds is 7. The molecule has 2 amide bonds. The molecule has 0 bridgehead atoms. The first kappa shape index (κ1) is 22.1. The van der Waals surface area contributed by atoms with Crippen molar-refractivity contribution in [2.45, 2.75) is 11.8 Å². The Hall–Kier alpha value is -3.60. The number of sulfonamides is 1. The maximum atomic E-state index is 12.6. The molecule has 3 rings (SSSR count). The first-order chi connectivity index (χ1) is 14.6. The number of hydrogen-bond acceptors (Lipinski definition) is 8. The van der Waals surface area contributed by atoms with Gasteiger partial charge in [0.15, 0.2) is 11.5 Å². The Morgan fingerprint density at radius 1 is 1.00 bits per heavy atom. The minimum Gasteiger partial charge on any atom is -0.493 e. The molecule has 0 atom stereocenters. The van der Waals surface area contributed by atoms with Gasteiger partial charge in [-0.3, -0.25) is 19.3 Å². The summed E-state index contributed by atoms with van der Waals surface area (Å²) >= 11 is 0. The van der Waals surface area contributed by atoms with E-state index in [0.717, 1.165) is 10.5 Å². The topological polar surface area (TPSA) is 128 Å². The van der Waals surface area contributed by atoms with E-state index in [4.69, 9.17) is 14.2 Å². The number of aryl methyl sites for hydroxylation is 1. The van der Waals surface area contributed by atoms with Crippen LogP contribution in [0.5, 0.6) is 17.2 Å². The van der Waals surface area contributed by atoms with Crippen LogP contribution in [-0.4, -0.2) is 53.9 Å². The Morgan fingerprint density at radius 3 is 2.16 bits per heavy atom. The van der Waals surface area contributed by atoms with Gasteiger partial charge in [-0.25, -0.2) is 13.1 Å². The smallest absolute Gasteiger partial charge is 0.300 e. The number of nitrogens with zero attached hydrogens (tertiary/aromatic N) is 1. The number of carbonyl (C=O) groups excluding carboxylic acids is 3. The zero-order chi connectivity index (χ0) is 22.9. The molecule has 11 heteroatoms. The summed E-state index contributed by atoms with van der Waals surface area (Å²) < 4.78 is 42.5. The standard InChI is InChI=1S/C20H20N2O8S/c1-11-5-7-12(8-6-11)31(26,27)21-15(23)10-22-13-9-14(28-2)18(29-3)19(30-4)16(13)17(24)20(22)25/h5-9H,10H2,1-4H3,(H,21,23). The summed E-state index contributed by atoms with van der Waals surface area (Å²) in [6, 6.07) is 7.23. The summed E-state index contributed by atoms with van der Waals surface area (Å²) in [7, 11) is -0.167. The molecule has 0 saturated heterocycles. The zero-order valence-corrected chi connectivity index (χ0v) is 18.0. The van der Waals surface area contributed by atoms with Crippen molar-refractivity contribution in [1.29, 1.82) is 0 Å². The average molecular weight is 448 g/mol. The molecule has 2 aromatic carbocycles. The van der Waals surface area contributed by atoms with Crippen molar-refractivity contribution in [3.05, 3.63) is 41.5 Å². The molecule has 10 nitrogen and oxygen atoms in total.